The number of allylic oxidation sites excluding steroid dienone is 1. The van der Waals surface area contributed by atoms with E-state index in [1.54, 1.807) is 30.3 Å². The van der Waals surface area contributed by atoms with Crippen molar-refractivity contribution in [3.05, 3.63) is 119 Å². The highest BCUT2D eigenvalue weighted by atomic mass is 32.2. The van der Waals surface area contributed by atoms with E-state index in [2.05, 4.69) is 16.8 Å². The van der Waals surface area contributed by atoms with Crippen LogP contribution in [0.4, 0.5) is 5.69 Å². The van der Waals surface area contributed by atoms with Crippen LogP contribution in [0, 0.1) is 10.1 Å². The third-order valence-corrected chi connectivity index (χ3v) is 6.20. The molecular weight excluding hydrogens is 436 g/mol. The maximum absolute atomic E-state index is 13.4. The number of nitro groups is 1. The summed E-state index contributed by atoms with van der Waals surface area (Å²) in [6.07, 6.45) is 1.70. The fraction of sp³-hybridized carbons (Fsp3) is 0.0800. The summed E-state index contributed by atoms with van der Waals surface area (Å²) in [6.45, 7) is 4.20. The van der Waals surface area contributed by atoms with Gasteiger partial charge in [0, 0.05) is 29.8 Å². The van der Waals surface area contributed by atoms with Crippen LogP contribution in [0.5, 0.6) is 0 Å². The topological polar surface area (TPSA) is 90.9 Å². The molecule has 0 aliphatic rings. The number of carbonyl (C=O) groups excluding carboxylic acids is 1. The van der Waals surface area contributed by atoms with Crippen LogP contribution in [-0.4, -0.2) is 25.5 Å². The minimum Gasteiger partial charge on any atom is -0.298 e. The molecule has 1 atom stereocenters. The van der Waals surface area contributed by atoms with E-state index in [1.807, 2.05) is 53.1 Å². The quantitative estimate of drug-likeness (QED) is 0.105. The van der Waals surface area contributed by atoms with Gasteiger partial charge >= 0.3 is 0 Å². The molecule has 0 radical (unpaired) electrons. The van der Waals surface area contributed by atoms with Crippen molar-refractivity contribution in [2.24, 2.45) is 0 Å². The van der Waals surface area contributed by atoms with E-state index < -0.39 is 10.2 Å². The lowest BCUT2D eigenvalue weighted by Gasteiger charge is -2.16. The lowest BCUT2D eigenvalue weighted by molar-refractivity contribution is -0.384. The molecular formula is C25H20N4O3S. The number of nitrogens with zero attached hydrogens (tertiary/aromatic N) is 4. The van der Waals surface area contributed by atoms with Gasteiger partial charge in [0.2, 0.25) is 0 Å². The van der Waals surface area contributed by atoms with Crippen molar-refractivity contribution in [1.82, 2.24) is 14.8 Å². The number of Topliss-reactive ketones (excluding diaryl/α,β-unsaturated/α-hetero) is 1. The van der Waals surface area contributed by atoms with E-state index >= 15 is 0 Å². The van der Waals surface area contributed by atoms with E-state index in [-0.39, 0.29) is 11.5 Å². The Labute approximate surface area is 195 Å². The van der Waals surface area contributed by atoms with Gasteiger partial charge in [-0.05, 0) is 5.56 Å². The monoisotopic (exact) mass is 456 g/mol. The molecule has 3 aromatic carbocycles. The second-order valence-electron chi connectivity index (χ2n) is 7.15. The van der Waals surface area contributed by atoms with Gasteiger partial charge in [-0.1, -0.05) is 90.6 Å². The van der Waals surface area contributed by atoms with Gasteiger partial charge < -0.3 is 0 Å². The molecule has 4 aromatic rings. The molecule has 33 heavy (non-hydrogen) atoms. The summed E-state index contributed by atoms with van der Waals surface area (Å²) in [5.41, 5.74) is 1.99. The van der Waals surface area contributed by atoms with E-state index in [0.717, 1.165) is 5.56 Å². The average molecular weight is 457 g/mol. The number of non-ortho nitro benzene ring substituents is 1. The van der Waals surface area contributed by atoms with Crippen LogP contribution in [0.25, 0.3) is 11.4 Å². The summed E-state index contributed by atoms with van der Waals surface area (Å²) < 4.78 is 1.81. The minimum absolute atomic E-state index is 0.0312. The predicted octanol–water partition coefficient (Wildman–Crippen LogP) is 5.76. The largest absolute Gasteiger partial charge is 0.298 e. The highest BCUT2D eigenvalue weighted by molar-refractivity contribution is 8.00. The van der Waals surface area contributed by atoms with Crippen LogP contribution >= 0.6 is 11.8 Å². The summed E-state index contributed by atoms with van der Waals surface area (Å²) in [6, 6.07) is 24.9. The van der Waals surface area contributed by atoms with Crippen LogP contribution in [0.1, 0.15) is 21.2 Å². The Bertz CT molecular complexity index is 1290. The smallest absolute Gasteiger partial charge is 0.270 e. The molecule has 164 valence electrons. The molecule has 1 aromatic heterocycles. The Morgan fingerprint density at radius 2 is 1.73 bits per heavy atom. The van der Waals surface area contributed by atoms with Gasteiger partial charge in [-0.2, -0.15) is 0 Å². The maximum Gasteiger partial charge on any atom is 0.270 e. The van der Waals surface area contributed by atoms with Crippen molar-refractivity contribution >= 4 is 23.2 Å². The van der Waals surface area contributed by atoms with E-state index in [0.29, 0.717) is 28.7 Å². The number of rotatable bonds is 9. The summed E-state index contributed by atoms with van der Waals surface area (Å²) in [7, 11) is 0. The molecule has 8 heteroatoms. The molecule has 4 rings (SSSR count). The molecule has 0 unspecified atom stereocenters. The first kappa shape index (κ1) is 22.2. The molecule has 0 aliphatic heterocycles. The van der Waals surface area contributed by atoms with Gasteiger partial charge in [0.15, 0.2) is 16.8 Å². The number of thioether (sulfide) groups is 1. The number of ketones is 1. The normalized spacial score (nSPS) is 11.6. The molecule has 0 fully saturated rings. The van der Waals surface area contributed by atoms with E-state index in [4.69, 9.17) is 0 Å². The average Bonchev–Trinajstić information content (AvgIpc) is 3.25. The van der Waals surface area contributed by atoms with Crippen LogP contribution in [0.15, 0.2) is 103 Å². The maximum atomic E-state index is 13.4. The summed E-state index contributed by atoms with van der Waals surface area (Å²) in [5.74, 6) is 0.428. The zero-order valence-corrected chi connectivity index (χ0v) is 18.4. The molecule has 7 nitrogen and oxygen atoms in total. The Kier molecular flexibility index (Phi) is 6.75. The first-order chi connectivity index (χ1) is 16.1. The number of benzene rings is 3. The lowest BCUT2D eigenvalue weighted by atomic mass is 10.0. The van der Waals surface area contributed by atoms with Crippen molar-refractivity contribution in [1.29, 1.82) is 0 Å². The Morgan fingerprint density at radius 1 is 1.03 bits per heavy atom. The highest BCUT2D eigenvalue weighted by Crippen LogP contribution is 2.38. The third-order valence-electron chi connectivity index (χ3n) is 4.97. The molecule has 0 amide bonds. The number of nitro benzene ring substituents is 1. The fourth-order valence-electron chi connectivity index (χ4n) is 3.40. The highest BCUT2D eigenvalue weighted by Gasteiger charge is 2.27. The molecule has 0 bridgehead atoms. The van der Waals surface area contributed by atoms with Gasteiger partial charge in [-0.3, -0.25) is 19.5 Å². The van der Waals surface area contributed by atoms with E-state index in [9.17, 15) is 14.9 Å². The van der Waals surface area contributed by atoms with Crippen molar-refractivity contribution in [2.75, 3.05) is 0 Å². The van der Waals surface area contributed by atoms with Crippen molar-refractivity contribution < 1.29 is 9.72 Å². The van der Waals surface area contributed by atoms with Gasteiger partial charge in [-0.15, -0.1) is 16.8 Å². The van der Waals surface area contributed by atoms with Gasteiger partial charge in [0.1, 0.15) is 5.25 Å². The SMILES string of the molecule is C=CCn1c(S[C@@H](C(=O)c2ccccc2)c2ccccc2)nnc1-c1cccc([N+](=O)[O-])c1. The number of carbonyl (C=O) groups is 1. The second kappa shape index (κ2) is 10.1. The van der Waals surface area contributed by atoms with Crippen LogP contribution in [-0.2, 0) is 6.54 Å². The van der Waals surface area contributed by atoms with Crippen LogP contribution in [0.2, 0.25) is 0 Å². The molecule has 0 saturated heterocycles. The fourth-order valence-corrected chi connectivity index (χ4v) is 4.53. The zero-order valence-electron chi connectivity index (χ0n) is 17.6. The molecule has 0 spiro atoms. The van der Waals surface area contributed by atoms with E-state index in [1.165, 1.54) is 23.9 Å². The van der Waals surface area contributed by atoms with Gasteiger partial charge in [-0.25, -0.2) is 0 Å². The predicted molar refractivity (Wildman–Crippen MR) is 128 cm³/mol. The van der Waals surface area contributed by atoms with Crippen LogP contribution in [0.3, 0.4) is 0 Å². The Balaban J connectivity index is 1.75. The molecule has 0 N–H and O–H groups in total. The number of aromatic nitrogens is 3. The summed E-state index contributed by atoms with van der Waals surface area (Å²) >= 11 is 1.30. The minimum atomic E-state index is -0.542. The van der Waals surface area contributed by atoms with Crippen molar-refractivity contribution in [2.45, 2.75) is 17.0 Å². The lowest BCUT2D eigenvalue weighted by Crippen LogP contribution is -2.11. The van der Waals surface area contributed by atoms with Crippen molar-refractivity contribution in [3.8, 4) is 11.4 Å². The first-order valence-electron chi connectivity index (χ1n) is 10.2. The third kappa shape index (κ3) is 4.91. The number of hydrogen-bond acceptors (Lipinski definition) is 6. The molecule has 0 saturated carbocycles. The standard InChI is InChI=1S/C25H20N4O3S/c1-2-16-28-24(20-14-9-15-21(17-20)29(31)32)26-27-25(28)33-23(19-12-7-4-8-13-19)22(30)18-10-5-3-6-11-18/h2-15,17,23H,1,16H2/t23-/m1/s1. The molecule has 1 heterocycles. The van der Waals surface area contributed by atoms with Gasteiger partial charge in [0.25, 0.3) is 5.69 Å². The van der Waals surface area contributed by atoms with Crippen LogP contribution < -0.4 is 0 Å². The Hall–Kier alpha value is -4.04. The number of hydrogen-bond donors (Lipinski definition) is 0. The second-order valence-corrected chi connectivity index (χ2v) is 8.22. The molecule has 0 aliphatic carbocycles. The van der Waals surface area contributed by atoms with Crippen molar-refractivity contribution in [3.63, 3.8) is 0 Å². The Morgan fingerprint density at radius 3 is 2.39 bits per heavy atom. The van der Waals surface area contributed by atoms with Gasteiger partial charge in [0.05, 0.1) is 4.92 Å². The zero-order chi connectivity index (χ0) is 23.2. The summed E-state index contributed by atoms with van der Waals surface area (Å²) in [4.78, 5) is 24.2. The summed E-state index contributed by atoms with van der Waals surface area (Å²) in [5, 5.41) is 19.8. The first-order valence-corrected chi connectivity index (χ1v) is 11.1.